The standard InChI is InChI=1S/C13H18BrNO3/c1-9(17)10-2-3-13(12(14)6-10)15-4-5-18-11(7-15)8-16/h2-3,6,9,11,16-17H,4-5,7-8H2,1H3/t9-,11?/m1/s1. The highest BCUT2D eigenvalue weighted by molar-refractivity contribution is 9.10. The smallest absolute Gasteiger partial charge is 0.0980 e. The van der Waals surface area contributed by atoms with Gasteiger partial charge in [0.25, 0.3) is 0 Å². The zero-order valence-electron chi connectivity index (χ0n) is 10.3. The van der Waals surface area contributed by atoms with Gasteiger partial charge in [-0.15, -0.1) is 0 Å². The summed E-state index contributed by atoms with van der Waals surface area (Å²) >= 11 is 3.54. The molecule has 1 aromatic rings. The topological polar surface area (TPSA) is 52.9 Å². The molecule has 5 heteroatoms. The van der Waals surface area contributed by atoms with Crippen LogP contribution in [0.5, 0.6) is 0 Å². The number of hydrogen-bond donors (Lipinski definition) is 2. The van der Waals surface area contributed by atoms with E-state index in [0.29, 0.717) is 13.2 Å². The number of anilines is 1. The zero-order valence-corrected chi connectivity index (χ0v) is 11.9. The number of halogens is 1. The van der Waals surface area contributed by atoms with Gasteiger partial charge in [0.2, 0.25) is 0 Å². The minimum Gasteiger partial charge on any atom is -0.394 e. The Morgan fingerprint density at radius 3 is 2.94 bits per heavy atom. The van der Waals surface area contributed by atoms with Gasteiger partial charge in [0.05, 0.1) is 31.1 Å². The Morgan fingerprint density at radius 2 is 2.33 bits per heavy atom. The highest BCUT2D eigenvalue weighted by Gasteiger charge is 2.21. The number of hydrogen-bond acceptors (Lipinski definition) is 4. The lowest BCUT2D eigenvalue weighted by atomic mass is 10.1. The molecule has 2 N–H and O–H groups in total. The summed E-state index contributed by atoms with van der Waals surface area (Å²) in [5, 5.41) is 18.7. The molecule has 0 aromatic heterocycles. The van der Waals surface area contributed by atoms with Crippen molar-refractivity contribution in [2.75, 3.05) is 31.2 Å². The molecule has 1 aliphatic rings. The van der Waals surface area contributed by atoms with Gasteiger partial charge in [-0.05, 0) is 40.5 Å². The average molecular weight is 316 g/mol. The van der Waals surface area contributed by atoms with Crippen molar-refractivity contribution < 1.29 is 14.9 Å². The van der Waals surface area contributed by atoms with E-state index in [1.54, 1.807) is 6.92 Å². The largest absolute Gasteiger partial charge is 0.394 e. The molecular weight excluding hydrogens is 298 g/mol. The first-order valence-corrected chi connectivity index (χ1v) is 6.86. The Morgan fingerprint density at radius 1 is 1.56 bits per heavy atom. The number of morpholine rings is 1. The Hall–Kier alpha value is -0.620. The SMILES string of the molecule is C[C@@H](O)c1ccc(N2CCOC(CO)C2)c(Br)c1. The van der Waals surface area contributed by atoms with Crippen molar-refractivity contribution in [3.05, 3.63) is 28.2 Å². The fourth-order valence-corrected chi connectivity index (χ4v) is 2.74. The first-order valence-electron chi connectivity index (χ1n) is 6.06. The van der Waals surface area contributed by atoms with Crippen LogP contribution in [0.15, 0.2) is 22.7 Å². The maximum atomic E-state index is 9.54. The summed E-state index contributed by atoms with van der Waals surface area (Å²) in [6, 6.07) is 5.85. The molecule has 100 valence electrons. The lowest BCUT2D eigenvalue weighted by Crippen LogP contribution is -2.44. The van der Waals surface area contributed by atoms with Crippen molar-refractivity contribution in [1.82, 2.24) is 0 Å². The van der Waals surface area contributed by atoms with Crippen LogP contribution < -0.4 is 4.90 Å². The second-order valence-electron chi connectivity index (χ2n) is 4.51. The molecule has 1 heterocycles. The zero-order chi connectivity index (χ0) is 13.1. The van der Waals surface area contributed by atoms with Crippen LogP contribution in [-0.2, 0) is 4.74 Å². The highest BCUT2D eigenvalue weighted by atomic mass is 79.9. The van der Waals surface area contributed by atoms with Crippen molar-refractivity contribution >= 4 is 21.6 Å². The molecule has 4 nitrogen and oxygen atoms in total. The lowest BCUT2D eigenvalue weighted by Gasteiger charge is -2.34. The fourth-order valence-electron chi connectivity index (χ4n) is 2.09. The van der Waals surface area contributed by atoms with Crippen molar-refractivity contribution in [3.63, 3.8) is 0 Å². The molecule has 2 atom stereocenters. The van der Waals surface area contributed by atoms with Crippen LogP contribution in [-0.4, -0.2) is 42.6 Å². The lowest BCUT2D eigenvalue weighted by molar-refractivity contribution is 0.00353. The summed E-state index contributed by atoms with van der Waals surface area (Å²) in [6.07, 6.45) is -0.590. The van der Waals surface area contributed by atoms with Crippen molar-refractivity contribution in [3.8, 4) is 0 Å². The van der Waals surface area contributed by atoms with E-state index in [1.165, 1.54) is 0 Å². The number of aliphatic hydroxyl groups is 2. The van der Waals surface area contributed by atoms with Crippen LogP contribution in [0.25, 0.3) is 0 Å². The van der Waals surface area contributed by atoms with Gasteiger partial charge in [0, 0.05) is 17.6 Å². The Balaban J connectivity index is 2.17. The number of ether oxygens (including phenoxy) is 1. The van der Waals surface area contributed by atoms with Crippen LogP contribution in [0.1, 0.15) is 18.6 Å². The van der Waals surface area contributed by atoms with Crippen molar-refractivity contribution in [2.24, 2.45) is 0 Å². The van der Waals surface area contributed by atoms with E-state index in [-0.39, 0.29) is 12.7 Å². The summed E-state index contributed by atoms with van der Waals surface area (Å²) in [4.78, 5) is 2.18. The summed E-state index contributed by atoms with van der Waals surface area (Å²) in [7, 11) is 0. The molecule has 2 rings (SSSR count). The van der Waals surface area contributed by atoms with Crippen LogP contribution in [0.4, 0.5) is 5.69 Å². The maximum absolute atomic E-state index is 9.54. The number of benzene rings is 1. The van der Waals surface area contributed by atoms with Gasteiger partial charge >= 0.3 is 0 Å². The fraction of sp³-hybridized carbons (Fsp3) is 0.538. The second-order valence-corrected chi connectivity index (χ2v) is 5.36. The summed E-state index contributed by atoms with van der Waals surface area (Å²) in [5.41, 5.74) is 1.96. The predicted molar refractivity (Wildman–Crippen MR) is 73.8 cm³/mol. The average Bonchev–Trinajstić information content (AvgIpc) is 2.38. The van der Waals surface area contributed by atoms with Crippen LogP contribution >= 0.6 is 15.9 Å². The van der Waals surface area contributed by atoms with Gasteiger partial charge in [0.1, 0.15) is 0 Å². The number of nitrogens with zero attached hydrogens (tertiary/aromatic N) is 1. The molecule has 1 aliphatic heterocycles. The molecule has 18 heavy (non-hydrogen) atoms. The van der Waals surface area contributed by atoms with Gasteiger partial charge in [-0.2, -0.15) is 0 Å². The molecule has 0 aliphatic carbocycles. The molecule has 0 bridgehead atoms. The quantitative estimate of drug-likeness (QED) is 0.891. The van der Waals surface area contributed by atoms with Crippen LogP contribution in [0.3, 0.4) is 0 Å². The molecule has 1 saturated heterocycles. The van der Waals surface area contributed by atoms with Crippen molar-refractivity contribution in [1.29, 1.82) is 0 Å². The second kappa shape index (κ2) is 6.02. The highest BCUT2D eigenvalue weighted by Crippen LogP contribution is 2.30. The molecule has 1 unspecified atom stereocenters. The summed E-state index contributed by atoms with van der Waals surface area (Å²) in [6.45, 7) is 3.90. The molecule has 0 spiro atoms. The van der Waals surface area contributed by atoms with E-state index in [0.717, 1.165) is 22.3 Å². The predicted octanol–water partition coefficient (Wildman–Crippen LogP) is 1.70. The minimum absolute atomic E-state index is 0.0415. The monoisotopic (exact) mass is 315 g/mol. The molecule has 0 saturated carbocycles. The number of aliphatic hydroxyl groups excluding tert-OH is 2. The van der Waals surface area contributed by atoms with E-state index in [4.69, 9.17) is 9.84 Å². The molecular formula is C13H18BrNO3. The van der Waals surface area contributed by atoms with E-state index < -0.39 is 6.10 Å². The third kappa shape index (κ3) is 3.03. The minimum atomic E-state index is -0.467. The third-order valence-corrected chi connectivity index (χ3v) is 3.77. The Kier molecular flexibility index (Phi) is 4.61. The van der Waals surface area contributed by atoms with Gasteiger partial charge in [-0.25, -0.2) is 0 Å². The molecule has 1 fully saturated rings. The van der Waals surface area contributed by atoms with E-state index in [9.17, 15) is 5.11 Å². The molecule has 0 radical (unpaired) electrons. The van der Waals surface area contributed by atoms with E-state index >= 15 is 0 Å². The maximum Gasteiger partial charge on any atom is 0.0980 e. The Labute approximate surface area is 115 Å². The number of rotatable bonds is 3. The summed E-state index contributed by atoms with van der Waals surface area (Å²) in [5.74, 6) is 0. The van der Waals surface area contributed by atoms with Gasteiger partial charge in [-0.1, -0.05) is 6.07 Å². The Bertz CT molecular complexity index is 411. The normalized spacial score (nSPS) is 22.0. The van der Waals surface area contributed by atoms with E-state index in [2.05, 4.69) is 20.8 Å². The molecule has 0 amide bonds. The first-order chi connectivity index (χ1) is 8.61. The van der Waals surface area contributed by atoms with Gasteiger partial charge in [0.15, 0.2) is 0 Å². The van der Waals surface area contributed by atoms with Crippen LogP contribution in [0, 0.1) is 0 Å². The molecule has 1 aromatic carbocycles. The van der Waals surface area contributed by atoms with Gasteiger partial charge in [-0.3, -0.25) is 0 Å². The first kappa shape index (κ1) is 13.8. The third-order valence-electron chi connectivity index (χ3n) is 3.14. The van der Waals surface area contributed by atoms with E-state index in [1.807, 2.05) is 18.2 Å². The summed E-state index contributed by atoms with van der Waals surface area (Å²) < 4.78 is 6.39. The van der Waals surface area contributed by atoms with Crippen LogP contribution in [0.2, 0.25) is 0 Å². The van der Waals surface area contributed by atoms with Gasteiger partial charge < -0.3 is 19.8 Å². The van der Waals surface area contributed by atoms with Crippen molar-refractivity contribution in [2.45, 2.75) is 19.1 Å².